The highest BCUT2D eigenvalue weighted by Crippen LogP contribution is 2.25. The van der Waals surface area contributed by atoms with Gasteiger partial charge in [0.1, 0.15) is 0 Å². The molecule has 5 nitrogen and oxygen atoms in total. The van der Waals surface area contributed by atoms with E-state index in [0.29, 0.717) is 29.0 Å². The first-order valence-corrected chi connectivity index (χ1v) is 15.0. The van der Waals surface area contributed by atoms with E-state index in [1.54, 1.807) is 35.2 Å². The molecule has 0 saturated heterocycles. The van der Waals surface area contributed by atoms with Crippen molar-refractivity contribution in [3.05, 3.63) is 59.7 Å². The molecule has 2 amide bonds. The third kappa shape index (κ3) is 12.7. The highest BCUT2D eigenvalue weighted by atomic mass is 16.3. The second kappa shape index (κ2) is 20.3. The van der Waals surface area contributed by atoms with Crippen LogP contribution in [0.2, 0.25) is 0 Å². The molecule has 0 aliphatic rings. The maximum atomic E-state index is 12.5. The molecule has 0 radical (unpaired) electrons. The number of nitrogens with one attached hydrogen (secondary N) is 1. The fourth-order valence-corrected chi connectivity index (χ4v) is 4.90. The fraction of sp³-hybridized carbons (Fsp3) is 0.576. The smallest absolute Gasteiger partial charge is 0.255 e. The maximum Gasteiger partial charge on any atom is 0.255 e. The number of rotatable bonds is 22. The van der Waals surface area contributed by atoms with E-state index in [0.717, 1.165) is 19.3 Å². The molecule has 0 atom stereocenters. The minimum Gasteiger partial charge on any atom is -0.392 e. The molecule has 0 unspecified atom stereocenters. The topological polar surface area (TPSA) is 69.6 Å². The predicted octanol–water partition coefficient (Wildman–Crippen LogP) is 8.66. The van der Waals surface area contributed by atoms with Crippen LogP contribution in [0.3, 0.4) is 0 Å². The van der Waals surface area contributed by atoms with Gasteiger partial charge in [-0.25, -0.2) is 0 Å². The second-order valence-corrected chi connectivity index (χ2v) is 10.4. The molecule has 0 aromatic heterocycles. The Morgan fingerprint density at radius 2 is 1.29 bits per heavy atom. The maximum absolute atomic E-state index is 12.5. The molecule has 210 valence electrons. The second-order valence-electron chi connectivity index (χ2n) is 10.4. The van der Waals surface area contributed by atoms with E-state index in [1.165, 1.54) is 89.9 Å². The number of hydrogen-bond donors (Lipinski definition) is 2. The average Bonchev–Trinajstić information content (AvgIpc) is 2.95. The summed E-state index contributed by atoms with van der Waals surface area (Å²) in [7, 11) is 0. The summed E-state index contributed by atoms with van der Waals surface area (Å²) in [6, 6.07) is 14.3. The number of benzene rings is 2. The van der Waals surface area contributed by atoms with Crippen LogP contribution in [-0.4, -0.2) is 24.0 Å². The lowest BCUT2D eigenvalue weighted by Gasteiger charge is -2.21. The number of aliphatic hydroxyl groups is 1. The van der Waals surface area contributed by atoms with Crippen LogP contribution < -0.4 is 10.2 Å². The van der Waals surface area contributed by atoms with Crippen molar-refractivity contribution >= 4 is 23.7 Å². The van der Waals surface area contributed by atoms with E-state index in [-0.39, 0.29) is 12.5 Å². The zero-order chi connectivity index (χ0) is 27.3. The van der Waals surface area contributed by atoms with Crippen molar-refractivity contribution in [2.75, 3.05) is 16.8 Å². The number of nitrogens with zero attached hydrogens (tertiary/aromatic N) is 1. The first-order valence-electron chi connectivity index (χ1n) is 15.0. The van der Waals surface area contributed by atoms with Gasteiger partial charge in [0.15, 0.2) is 0 Å². The highest BCUT2D eigenvalue weighted by molar-refractivity contribution is 6.04. The first-order chi connectivity index (χ1) is 18.7. The van der Waals surface area contributed by atoms with Crippen LogP contribution in [0.5, 0.6) is 0 Å². The lowest BCUT2D eigenvalue weighted by Crippen LogP contribution is -2.24. The normalized spacial score (nSPS) is 10.9. The summed E-state index contributed by atoms with van der Waals surface area (Å²) in [5, 5.41) is 12.7. The lowest BCUT2D eigenvalue weighted by atomic mass is 10.0. The van der Waals surface area contributed by atoms with Gasteiger partial charge in [0.05, 0.1) is 12.3 Å². The van der Waals surface area contributed by atoms with Crippen LogP contribution in [0.4, 0.5) is 11.4 Å². The molecule has 38 heavy (non-hydrogen) atoms. The van der Waals surface area contributed by atoms with Crippen LogP contribution in [0.25, 0.3) is 0 Å². The van der Waals surface area contributed by atoms with Crippen molar-refractivity contribution in [1.29, 1.82) is 0 Å². The van der Waals surface area contributed by atoms with Crippen molar-refractivity contribution in [2.45, 2.75) is 116 Å². The zero-order valence-electron chi connectivity index (χ0n) is 23.6. The van der Waals surface area contributed by atoms with Gasteiger partial charge in [-0.1, -0.05) is 128 Å². The Morgan fingerprint density at radius 1 is 0.763 bits per heavy atom. The Morgan fingerprint density at radius 3 is 1.79 bits per heavy atom. The summed E-state index contributed by atoms with van der Waals surface area (Å²) < 4.78 is 0. The van der Waals surface area contributed by atoms with Gasteiger partial charge >= 0.3 is 0 Å². The molecule has 0 aliphatic carbocycles. The van der Waals surface area contributed by atoms with Crippen molar-refractivity contribution in [3.8, 4) is 0 Å². The largest absolute Gasteiger partial charge is 0.392 e. The van der Waals surface area contributed by atoms with E-state index >= 15 is 0 Å². The Balaban J connectivity index is 1.62. The molecule has 5 heteroatoms. The van der Waals surface area contributed by atoms with Crippen molar-refractivity contribution in [1.82, 2.24) is 0 Å². The number of amides is 2. The third-order valence-corrected chi connectivity index (χ3v) is 7.24. The number of hydrogen-bond acceptors (Lipinski definition) is 3. The molecule has 0 saturated carbocycles. The standard InChI is InChI=1S/C33H50N2O3/c1-2-3-4-5-6-7-8-9-10-11-12-13-14-15-16-20-25-35(28-37)32-26-31(24-23-30(32)27-36)34-33(38)29-21-18-17-19-22-29/h17-19,21-24,26,28,36H,2-16,20,25,27H2,1H3,(H,34,38). The number of aliphatic hydroxyl groups excluding tert-OH is 1. The molecule has 0 spiro atoms. The summed E-state index contributed by atoms with van der Waals surface area (Å²) in [6.45, 7) is 2.71. The minimum absolute atomic E-state index is 0.161. The predicted molar refractivity (Wildman–Crippen MR) is 160 cm³/mol. The van der Waals surface area contributed by atoms with Gasteiger partial charge in [0.25, 0.3) is 5.91 Å². The van der Waals surface area contributed by atoms with E-state index in [4.69, 9.17) is 0 Å². The van der Waals surface area contributed by atoms with Gasteiger partial charge < -0.3 is 15.3 Å². The van der Waals surface area contributed by atoms with Crippen LogP contribution in [0.1, 0.15) is 126 Å². The lowest BCUT2D eigenvalue weighted by molar-refractivity contribution is -0.107. The van der Waals surface area contributed by atoms with Gasteiger partial charge in [-0.3, -0.25) is 9.59 Å². The highest BCUT2D eigenvalue weighted by Gasteiger charge is 2.13. The number of carbonyl (C=O) groups is 2. The van der Waals surface area contributed by atoms with Gasteiger partial charge in [0.2, 0.25) is 6.41 Å². The van der Waals surface area contributed by atoms with Crippen molar-refractivity contribution in [3.63, 3.8) is 0 Å². The summed E-state index contributed by atoms with van der Waals surface area (Å²) in [6.07, 6.45) is 21.8. The van der Waals surface area contributed by atoms with E-state index in [9.17, 15) is 14.7 Å². The van der Waals surface area contributed by atoms with Crippen molar-refractivity contribution < 1.29 is 14.7 Å². The molecule has 2 aromatic rings. The number of unbranched alkanes of at least 4 members (excludes halogenated alkanes) is 15. The number of carbonyl (C=O) groups excluding carboxylic acids is 2. The Kier molecular flexibility index (Phi) is 16.9. The van der Waals surface area contributed by atoms with Gasteiger partial charge in [-0.05, 0) is 30.7 Å². The molecular formula is C33H50N2O3. The fourth-order valence-electron chi connectivity index (χ4n) is 4.90. The van der Waals surface area contributed by atoms with Crippen molar-refractivity contribution in [2.24, 2.45) is 0 Å². The van der Waals surface area contributed by atoms with Crippen LogP contribution in [0.15, 0.2) is 48.5 Å². The third-order valence-electron chi connectivity index (χ3n) is 7.24. The van der Waals surface area contributed by atoms with Crippen LogP contribution in [-0.2, 0) is 11.4 Å². The molecule has 2 N–H and O–H groups in total. The average molecular weight is 523 g/mol. The van der Waals surface area contributed by atoms with E-state index < -0.39 is 0 Å². The molecular weight excluding hydrogens is 472 g/mol. The monoisotopic (exact) mass is 522 g/mol. The zero-order valence-corrected chi connectivity index (χ0v) is 23.6. The summed E-state index contributed by atoms with van der Waals surface area (Å²) in [4.78, 5) is 26.0. The molecule has 0 bridgehead atoms. The minimum atomic E-state index is -0.205. The Labute approximate surface area is 231 Å². The van der Waals surface area contributed by atoms with E-state index in [2.05, 4.69) is 12.2 Å². The van der Waals surface area contributed by atoms with E-state index in [1.807, 2.05) is 18.2 Å². The quantitative estimate of drug-likeness (QED) is 0.120. The van der Waals surface area contributed by atoms with Crippen LogP contribution >= 0.6 is 0 Å². The van der Waals surface area contributed by atoms with Crippen LogP contribution in [0, 0.1) is 0 Å². The molecule has 2 aromatic carbocycles. The first kappa shape index (κ1) is 31.6. The Bertz CT molecular complexity index is 900. The summed E-state index contributed by atoms with van der Waals surface area (Å²) >= 11 is 0. The van der Waals surface area contributed by atoms with Gasteiger partial charge in [0, 0.05) is 23.4 Å². The summed E-state index contributed by atoms with van der Waals surface area (Å²) in [5.41, 5.74) is 2.49. The molecule has 0 fully saturated rings. The van der Waals surface area contributed by atoms with Gasteiger partial charge in [-0.15, -0.1) is 0 Å². The van der Waals surface area contributed by atoms with Gasteiger partial charge in [-0.2, -0.15) is 0 Å². The summed E-state index contributed by atoms with van der Waals surface area (Å²) in [5.74, 6) is -0.205. The SMILES string of the molecule is CCCCCCCCCCCCCCCCCCN(C=O)c1cc(NC(=O)c2ccccc2)ccc1CO. The molecule has 0 aliphatic heterocycles. The molecule has 2 rings (SSSR count). The molecule has 0 heterocycles. The number of anilines is 2. The Hall–Kier alpha value is -2.66.